The lowest BCUT2D eigenvalue weighted by Gasteiger charge is -2.32. The van der Waals surface area contributed by atoms with Gasteiger partial charge in [-0.2, -0.15) is 0 Å². The van der Waals surface area contributed by atoms with Crippen molar-refractivity contribution in [1.82, 2.24) is 0 Å². The largest absolute Gasteiger partial charge is 0.0810 e. The zero-order valence-corrected chi connectivity index (χ0v) is 11.8. The van der Waals surface area contributed by atoms with E-state index in [4.69, 9.17) is 0 Å². The smallest absolute Gasteiger partial charge is 0.0197 e. The highest BCUT2D eigenvalue weighted by atomic mass is 14.3. The van der Waals surface area contributed by atoms with Gasteiger partial charge < -0.3 is 0 Å². The van der Waals surface area contributed by atoms with Crippen LogP contribution in [0.2, 0.25) is 0 Å². The number of rotatable bonds is 2. The molecule has 18 heavy (non-hydrogen) atoms. The van der Waals surface area contributed by atoms with Crippen LogP contribution in [0.4, 0.5) is 0 Å². The molecule has 0 radical (unpaired) electrons. The maximum atomic E-state index is 2.58. The van der Waals surface area contributed by atoms with Gasteiger partial charge in [0.2, 0.25) is 0 Å². The van der Waals surface area contributed by atoms with Crippen molar-refractivity contribution in [3.8, 4) is 0 Å². The van der Waals surface area contributed by atoms with Gasteiger partial charge >= 0.3 is 0 Å². The Kier molecular flexibility index (Phi) is 4.23. The van der Waals surface area contributed by atoms with E-state index in [9.17, 15) is 0 Å². The van der Waals surface area contributed by atoms with Crippen molar-refractivity contribution in [2.45, 2.75) is 83.5 Å². The van der Waals surface area contributed by atoms with Crippen molar-refractivity contribution in [3.63, 3.8) is 0 Å². The van der Waals surface area contributed by atoms with Gasteiger partial charge in [0.25, 0.3) is 0 Å². The molecule has 100 valence electrons. The molecule has 0 aliphatic heterocycles. The van der Waals surface area contributed by atoms with E-state index in [1.165, 1.54) is 83.5 Å². The van der Waals surface area contributed by atoms with E-state index in [2.05, 4.69) is 6.08 Å². The molecule has 0 heterocycles. The highest BCUT2D eigenvalue weighted by Gasteiger charge is 2.24. The first-order valence-electron chi connectivity index (χ1n) is 8.36. The van der Waals surface area contributed by atoms with Crippen molar-refractivity contribution in [1.29, 1.82) is 0 Å². The van der Waals surface area contributed by atoms with Crippen molar-refractivity contribution in [2.24, 2.45) is 5.92 Å². The normalized spacial score (nSPS) is 27.2. The molecule has 0 aromatic heterocycles. The Morgan fingerprint density at radius 2 is 1.50 bits per heavy atom. The molecule has 0 saturated heterocycles. The third-order valence-electron chi connectivity index (χ3n) is 5.29. The van der Waals surface area contributed by atoms with Crippen LogP contribution in [-0.4, -0.2) is 0 Å². The summed E-state index contributed by atoms with van der Waals surface area (Å²) in [7, 11) is 0. The van der Waals surface area contributed by atoms with E-state index >= 15 is 0 Å². The van der Waals surface area contributed by atoms with Crippen LogP contribution in [0.1, 0.15) is 83.5 Å². The lowest BCUT2D eigenvalue weighted by molar-refractivity contribution is 0.383. The Labute approximate surface area is 113 Å². The Hall–Kier alpha value is -0.520. The van der Waals surface area contributed by atoms with Crippen LogP contribution in [0.3, 0.4) is 0 Å². The predicted molar refractivity (Wildman–Crippen MR) is 78.6 cm³/mol. The van der Waals surface area contributed by atoms with Crippen LogP contribution in [-0.2, 0) is 0 Å². The molecule has 3 aliphatic rings. The Morgan fingerprint density at radius 1 is 0.722 bits per heavy atom. The predicted octanol–water partition coefficient (Wildman–Crippen LogP) is 5.94. The molecule has 0 nitrogen and oxygen atoms in total. The molecule has 1 saturated carbocycles. The van der Waals surface area contributed by atoms with E-state index in [-0.39, 0.29) is 0 Å². The average Bonchev–Trinajstić information content (AvgIpc) is 2.49. The van der Waals surface area contributed by atoms with Gasteiger partial charge in [0.1, 0.15) is 0 Å². The lowest BCUT2D eigenvalue weighted by Crippen LogP contribution is -2.15. The highest BCUT2D eigenvalue weighted by Crippen LogP contribution is 2.41. The summed E-state index contributed by atoms with van der Waals surface area (Å²) < 4.78 is 0. The van der Waals surface area contributed by atoms with Crippen molar-refractivity contribution in [3.05, 3.63) is 22.8 Å². The van der Waals surface area contributed by atoms with Crippen molar-refractivity contribution in [2.75, 3.05) is 0 Å². The summed E-state index contributed by atoms with van der Waals surface area (Å²) in [6.07, 6.45) is 21.3. The molecule has 0 bridgehead atoms. The number of allylic oxidation sites excluding steroid dienone is 4. The van der Waals surface area contributed by atoms with Crippen LogP contribution < -0.4 is 0 Å². The Bertz CT molecular complexity index is 339. The second kappa shape index (κ2) is 6.08. The van der Waals surface area contributed by atoms with Gasteiger partial charge in [-0.05, 0) is 81.3 Å². The van der Waals surface area contributed by atoms with Gasteiger partial charge in [0, 0.05) is 0 Å². The van der Waals surface area contributed by atoms with Crippen LogP contribution in [0.15, 0.2) is 22.8 Å². The Morgan fingerprint density at radius 3 is 2.28 bits per heavy atom. The first-order valence-corrected chi connectivity index (χ1v) is 8.36. The molecule has 0 heteroatoms. The zero-order chi connectivity index (χ0) is 12.2. The fourth-order valence-corrected chi connectivity index (χ4v) is 4.31. The fraction of sp³-hybridized carbons (Fsp3) is 0.778. The van der Waals surface area contributed by atoms with Crippen molar-refractivity contribution < 1.29 is 0 Å². The number of hydrogen-bond donors (Lipinski definition) is 0. The average molecular weight is 244 g/mol. The SMILES string of the molecule is C1=C(C2=C(C3CCCCC3)CCCC2)CCCC1. The van der Waals surface area contributed by atoms with E-state index in [1.54, 1.807) is 5.57 Å². The molecule has 1 fully saturated rings. The Balaban J connectivity index is 1.84. The van der Waals surface area contributed by atoms with E-state index in [0.29, 0.717) is 0 Å². The molecule has 0 atom stereocenters. The molecule has 0 unspecified atom stereocenters. The molecule has 0 amide bonds. The minimum atomic E-state index is 0.969. The summed E-state index contributed by atoms with van der Waals surface area (Å²) >= 11 is 0. The zero-order valence-electron chi connectivity index (χ0n) is 11.8. The molecule has 0 spiro atoms. The molecular formula is C18H28. The highest BCUT2D eigenvalue weighted by molar-refractivity contribution is 5.38. The molecule has 3 aliphatic carbocycles. The van der Waals surface area contributed by atoms with Gasteiger partial charge in [0.15, 0.2) is 0 Å². The van der Waals surface area contributed by atoms with E-state index in [0.717, 1.165) is 5.92 Å². The molecule has 0 N–H and O–H groups in total. The van der Waals surface area contributed by atoms with Gasteiger partial charge in [-0.1, -0.05) is 30.9 Å². The van der Waals surface area contributed by atoms with Crippen molar-refractivity contribution >= 4 is 0 Å². The number of hydrogen-bond acceptors (Lipinski definition) is 0. The second-order valence-electron chi connectivity index (χ2n) is 6.52. The van der Waals surface area contributed by atoms with E-state index < -0.39 is 0 Å². The minimum Gasteiger partial charge on any atom is -0.0810 e. The minimum absolute atomic E-state index is 0.969. The lowest BCUT2D eigenvalue weighted by atomic mass is 9.74. The van der Waals surface area contributed by atoms with Gasteiger partial charge in [0.05, 0.1) is 0 Å². The molecule has 3 rings (SSSR count). The summed E-state index contributed by atoms with van der Waals surface area (Å²) in [6, 6.07) is 0. The van der Waals surface area contributed by atoms with Gasteiger partial charge in [-0.25, -0.2) is 0 Å². The summed E-state index contributed by atoms with van der Waals surface area (Å²) in [5.41, 5.74) is 5.52. The third kappa shape index (κ3) is 2.73. The van der Waals surface area contributed by atoms with Crippen LogP contribution in [0, 0.1) is 5.92 Å². The van der Waals surface area contributed by atoms with Gasteiger partial charge in [-0.15, -0.1) is 0 Å². The topological polar surface area (TPSA) is 0 Å². The monoisotopic (exact) mass is 244 g/mol. The van der Waals surface area contributed by atoms with E-state index in [1.807, 2.05) is 11.1 Å². The fourth-order valence-electron chi connectivity index (χ4n) is 4.31. The maximum absolute atomic E-state index is 2.58. The first kappa shape index (κ1) is 12.5. The molecular weight excluding hydrogens is 216 g/mol. The quantitative estimate of drug-likeness (QED) is 0.564. The third-order valence-corrected chi connectivity index (χ3v) is 5.29. The summed E-state index contributed by atoms with van der Waals surface area (Å²) in [5.74, 6) is 0.969. The molecule has 0 aromatic rings. The summed E-state index contributed by atoms with van der Waals surface area (Å²) in [4.78, 5) is 0. The van der Waals surface area contributed by atoms with Crippen LogP contribution in [0.25, 0.3) is 0 Å². The standard InChI is InChI=1S/C18H28/c1-3-9-15(10-4-1)17-13-7-8-14-18(17)16-11-5-2-6-12-16/h9,16H,1-8,10-14H2. The van der Waals surface area contributed by atoms with Crippen LogP contribution in [0.5, 0.6) is 0 Å². The molecule has 0 aromatic carbocycles. The van der Waals surface area contributed by atoms with Gasteiger partial charge in [-0.3, -0.25) is 0 Å². The second-order valence-corrected chi connectivity index (χ2v) is 6.52. The summed E-state index contributed by atoms with van der Waals surface area (Å²) in [5, 5.41) is 0. The van der Waals surface area contributed by atoms with Crippen LogP contribution >= 0.6 is 0 Å². The summed E-state index contributed by atoms with van der Waals surface area (Å²) in [6.45, 7) is 0. The maximum Gasteiger partial charge on any atom is -0.0197 e. The first-order chi connectivity index (χ1) is 8.95.